The van der Waals surface area contributed by atoms with Crippen molar-refractivity contribution in [3.63, 3.8) is 0 Å². The Labute approximate surface area is 172 Å². The monoisotopic (exact) mass is 471 g/mol. The highest BCUT2D eigenvalue weighted by Crippen LogP contribution is 2.26. The van der Waals surface area contributed by atoms with E-state index in [4.69, 9.17) is 27.9 Å². The number of hydrogen-bond acceptors (Lipinski definition) is 4. The second kappa shape index (κ2) is 7.96. The summed E-state index contributed by atoms with van der Waals surface area (Å²) < 4.78 is 20.8. The molecule has 3 heterocycles. The quantitative estimate of drug-likeness (QED) is 0.499. The molecule has 0 bridgehead atoms. The van der Waals surface area contributed by atoms with Crippen LogP contribution in [-0.4, -0.2) is 14.5 Å². The molecular weight excluding hydrogens is 460 g/mol. The van der Waals surface area contributed by atoms with Crippen molar-refractivity contribution in [3.05, 3.63) is 78.4 Å². The number of ether oxygens (including phenoxy) is 1. The zero-order chi connectivity index (χ0) is 19.7. The molecule has 0 N–H and O–H groups in total. The zero-order valence-corrected chi connectivity index (χ0v) is 17.4. The molecule has 0 aromatic carbocycles. The van der Waals surface area contributed by atoms with Gasteiger partial charge < -0.3 is 4.74 Å². The van der Waals surface area contributed by atoms with Crippen LogP contribution in [0.3, 0.4) is 0 Å². The van der Waals surface area contributed by atoms with Crippen LogP contribution < -0.4 is 10.3 Å². The summed E-state index contributed by atoms with van der Waals surface area (Å²) >= 11 is 15.5. The Balaban J connectivity index is 1.98. The summed E-state index contributed by atoms with van der Waals surface area (Å²) in [7, 11) is 0. The minimum atomic E-state index is -0.542. The molecule has 140 valence electrons. The number of halogens is 4. The van der Waals surface area contributed by atoms with E-state index in [9.17, 15) is 9.18 Å². The van der Waals surface area contributed by atoms with Crippen molar-refractivity contribution >= 4 is 39.1 Å². The van der Waals surface area contributed by atoms with Crippen molar-refractivity contribution in [1.29, 1.82) is 0 Å². The third-order valence-corrected chi connectivity index (χ3v) is 4.94. The number of pyridine rings is 3. The number of nitrogens with zero attached hydrogens (tertiary/aromatic N) is 3. The van der Waals surface area contributed by atoms with Gasteiger partial charge in [-0.25, -0.2) is 9.37 Å². The summed E-state index contributed by atoms with van der Waals surface area (Å²) in [6.45, 7) is 3.56. The second-order valence-corrected chi connectivity index (χ2v) is 7.37. The van der Waals surface area contributed by atoms with E-state index in [0.717, 1.165) is 17.8 Å². The van der Waals surface area contributed by atoms with E-state index in [1.165, 1.54) is 4.57 Å². The van der Waals surface area contributed by atoms with Crippen LogP contribution in [0.2, 0.25) is 10.0 Å². The van der Waals surface area contributed by atoms with Crippen LogP contribution in [0.15, 0.2) is 40.0 Å². The van der Waals surface area contributed by atoms with E-state index in [1.54, 1.807) is 25.3 Å². The Kier molecular flexibility index (Phi) is 5.83. The maximum absolute atomic E-state index is 13.1. The first kappa shape index (κ1) is 19.8. The number of rotatable bonds is 4. The molecular formula is C18H13BrCl2FN3O2. The Morgan fingerprint density at radius 3 is 2.63 bits per heavy atom. The minimum absolute atomic E-state index is 0.0540. The molecule has 0 unspecified atom stereocenters. The lowest BCUT2D eigenvalue weighted by molar-refractivity contribution is 0.300. The molecule has 0 aliphatic heterocycles. The summed E-state index contributed by atoms with van der Waals surface area (Å²) in [6.07, 6.45) is 2.70. The largest absolute Gasteiger partial charge is 0.485 e. The SMILES string of the molecule is Cc1cnc(Br)cc1-n1c(C)cc(OCc2ncc(F)cc2Cl)c(Cl)c1=O. The highest BCUT2D eigenvalue weighted by atomic mass is 79.9. The Bertz CT molecular complexity index is 1090. The predicted molar refractivity (Wildman–Crippen MR) is 106 cm³/mol. The first-order chi connectivity index (χ1) is 12.8. The van der Waals surface area contributed by atoms with Crippen molar-refractivity contribution in [2.45, 2.75) is 20.5 Å². The van der Waals surface area contributed by atoms with E-state index < -0.39 is 11.4 Å². The van der Waals surface area contributed by atoms with Gasteiger partial charge in [-0.3, -0.25) is 14.3 Å². The normalized spacial score (nSPS) is 10.9. The van der Waals surface area contributed by atoms with Crippen LogP contribution in [-0.2, 0) is 6.61 Å². The van der Waals surface area contributed by atoms with Crippen LogP contribution in [0.1, 0.15) is 17.0 Å². The Morgan fingerprint density at radius 2 is 1.93 bits per heavy atom. The first-order valence-electron chi connectivity index (χ1n) is 7.75. The molecule has 0 aliphatic rings. The van der Waals surface area contributed by atoms with Crippen molar-refractivity contribution in [2.24, 2.45) is 0 Å². The van der Waals surface area contributed by atoms with Gasteiger partial charge in [0.15, 0.2) is 0 Å². The van der Waals surface area contributed by atoms with Crippen LogP contribution in [0.4, 0.5) is 4.39 Å². The summed E-state index contributed by atoms with van der Waals surface area (Å²) in [6, 6.07) is 4.53. The topological polar surface area (TPSA) is 57.0 Å². The molecule has 3 aromatic heterocycles. The molecule has 0 fully saturated rings. The highest BCUT2D eigenvalue weighted by molar-refractivity contribution is 9.10. The molecule has 0 radical (unpaired) electrons. The standard InChI is InChI=1S/C18H13BrCl2FN3O2/c1-9-6-24-16(19)5-14(9)25-10(2)3-15(17(21)18(25)26)27-8-13-12(20)4-11(22)7-23-13/h3-7H,8H2,1-2H3. The lowest BCUT2D eigenvalue weighted by atomic mass is 10.2. The van der Waals surface area contributed by atoms with Gasteiger partial charge in [-0.2, -0.15) is 0 Å². The van der Waals surface area contributed by atoms with Crippen LogP contribution in [0, 0.1) is 19.7 Å². The maximum atomic E-state index is 13.1. The van der Waals surface area contributed by atoms with Gasteiger partial charge in [0.2, 0.25) is 0 Å². The third-order valence-electron chi connectivity index (χ3n) is 3.83. The van der Waals surface area contributed by atoms with Crippen molar-refractivity contribution in [2.75, 3.05) is 0 Å². The third kappa shape index (κ3) is 4.15. The van der Waals surface area contributed by atoms with Gasteiger partial charge in [0.1, 0.15) is 27.8 Å². The smallest absolute Gasteiger partial charge is 0.277 e. The van der Waals surface area contributed by atoms with Crippen molar-refractivity contribution in [3.8, 4) is 11.4 Å². The fraction of sp³-hybridized carbons (Fsp3) is 0.167. The van der Waals surface area contributed by atoms with E-state index in [2.05, 4.69) is 25.9 Å². The van der Waals surface area contributed by atoms with Gasteiger partial charge in [0.25, 0.3) is 5.56 Å². The predicted octanol–water partition coefficient (Wildman–Crippen LogP) is 5.03. The van der Waals surface area contributed by atoms with Gasteiger partial charge in [0.05, 0.1) is 22.6 Å². The molecule has 0 atom stereocenters. The molecule has 3 aromatic rings. The molecule has 0 spiro atoms. The van der Waals surface area contributed by atoms with Gasteiger partial charge in [-0.05, 0) is 47.5 Å². The molecule has 3 rings (SSSR count). The minimum Gasteiger partial charge on any atom is -0.485 e. The van der Waals surface area contributed by atoms with Crippen molar-refractivity contribution < 1.29 is 9.13 Å². The molecule has 9 heteroatoms. The molecule has 0 aliphatic carbocycles. The maximum Gasteiger partial charge on any atom is 0.277 e. The fourth-order valence-electron chi connectivity index (χ4n) is 2.51. The summed E-state index contributed by atoms with van der Waals surface area (Å²) in [5.41, 5.74) is 2.01. The lowest BCUT2D eigenvalue weighted by Gasteiger charge is -2.16. The van der Waals surface area contributed by atoms with Crippen LogP contribution in [0.25, 0.3) is 5.69 Å². The van der Waals surface area contributed by atoms with E-state index in [-0.39, 0.29) is 22.4 Å². The van der Waals surface area contributed by atoms with Crippen molar-refractivity contribution in [1.82, 2.24) is 14.5 Å². The molecule has 0 amide bonds. The number of hydrogen-bond donors (Lipinski definition) is 0. The molecule has 0 saturated carbocycles. The average Bonchev–Trinajstić information content (AvgIpc) is 2.61. The van der Waals surface area contributed by atoms with E-state index in [0.29, 0.717) is 21.7 Å². The van der Waals surface area contributed by atoms with Crippen LogP contribution in [0.5, 0.6) is 5.75 Å². The number of aromatic nitrogens is 3. The summed E-state index contributed by atoms with van der Waals surface area (Å²) in [5.74, 6) is -0.345. The average molecular weight is 473 g/mol. The molecule has 27 heavy (non-hydrogen) atoms. The van der Waals surface area contributed by atoms with Gasteiger partial charge in [0, 0.05) is 18.0 Å². The van der Waals surface area contributed by atoms with Gasteiger partial charge in [-0.15, -0.1) is 0 Å². The van der Waals surface area contributed by atoms with E-state index in [1.807, 2.05) is 6.92 Å². The lowest BCUT2D eigenvalue weighted by Crippen LogP contribution is -2.22. The summed E-state index contributed by atoms with van der Waals surface area (Å²) in [5, 5.41) is 0.0552. The Morgan fingerprint density at radius 1 is 1.19 bits per heavy atom. The fourth-order valence-corrected chi connectivity index (χ4v) is 3.23. The second-order valence-electron chi connectivity index (χ2n) is 5.77. The van der Waals surface area contributed by atoms with Crippen LogP contribution >= 0.6 is 39.1 Å². The Hall–Kier alpha value is -1.96. The van der Waals surface area contributed by atoms with Gasteiger partial charge in [-0.1, -0.05) is 23.2 Å². The highest BCUT2D eigenvalue weighted by Gasteiger charge is 2.16. The summed E-state index contributed by atoms with van der Waals surface area (Å²) in [4.78, 5) is 20.8. The molecule has 0 saturated heterocycles. The van der Waals surface area contributed by atoms with Gasteiger partial charge >= 0.3 is 0 Å². The van der Waals surface area contributed by atoms with E-state index >= 15 is 0 Å². The molecule has 5 nitrogen and oxygen atoms in total. The first-order valence-corrected chi connectivity index (χ1v) is 9.30. The zero-order valence-electron chi connectivity index (χ0n) is 14.3. The number of aryl methyl sites for hydroxylation is 2.